The van der Waals surface area contributed by atoms with Crippen LogP contribution in [0.15, 0.2) is 36.5 Å². The normalized spacial score (nSPS) is 11.0. The van der Waals surface area contributed by atoms with Crippen molar-refractivity contribution < 1.29 is 14.3 Å². The van der Waals surface area contributed by atoms with Crippen LogP contribution in [-0.2, 0) is 9.53 Å². The topological polar surface area (TPSA) is 102 Å². The Morgan fingerprint density at radius 1 is 1.29 bits per heavy atom. The first-order valence-electron chi connectivity index (χ1n) is 7.50. The van der Waals surface area contributed by atoms with Crippen molar-refractivity contribution in [3.63, 3.8) is 0 Å². The minimum atomic E-state index is -0.653. The van der Waals surface area contributed by atoms with Crippen LogP contribution in [0.2, 0.25) is 0 Å². The molecule has 0 radical (unpaired) electrons. The van der Waals surface area contributed by atoms with Crippen molar-refractivity contribution in [2.24, 2.45) is 0 Å². The summed E-state index contributed by atoms with van der Waals surface area (Å²) in [5, 5.41) is 14.1. The number of hydrogen-bond acceptors (Lipinski definition) is 5. The Balaban J connectivity index is 1.62. The molecule has 3 aromatic rings. The molecule has 0 atom stereocenters. The van der Waals surface area contributed by atoms with E-state index < -0.39 is 18.5 Å². The Kier molecular flexibility index (Phi) is 4.28. The van der Waals surface area contributed by atoms with Gasteiger partial charge in [-0.05, 0) is 19.9 Å². The molecule has 1 aromatic carbocycles. The number of esters is 1. The smallest absolute Gasteiger partial charge is 0.359 e. The summed E-state index contributed by atoms with van der Waals surface area (Å²) in [6.07, 6.45) is 1.59. The van der Waals surface area contributed by atoms with Crippen molar-refractivity contribution in [3.8, 4) is 0 Å². The molecule has 2 heterocycles. The van der Waals surface area contributed by atoms with Crippen LogP contribution in [0, 0.1) is 0 Å². The van der Waals surface area contributed by atoms with E-state index in [0.29, 0.717) is 11.2 Å². The van der Waals surface area contributed by atoms with E-state index in [9.17, 15) is 9.59 Å². The highest BCUT2D eigenvalue weighted by Gasteiger charge is 2.17. The Labute approximate surface area is 137 Å². The van der Waals surface area contributed by atoms with Crippen LogP contribution >= 0.6 is 0 Å². The lowest BCUT2D eigenvalue weighted by Gasteiger charge is -2.11. The Morgan fingerprint density at radius 3 is 2.88 bits per heavy atom. The molecule has 1 amide bonds. The predicted octanol–water partition coefficient (Wildman–Crippen LogP) is 2.14. The molecule has 0 aliphatic carbocycles. The number of hydrogen-bond donors (Lipinski definition) is 2. The van der Waals surface area contributed by atoms with Crippen molar-refractivity contribution in [3.05, 3.63) is 42.2 Å². The summed E-state index contributed by atoms with van der Waals surface area (Å²) in [7, 11) is 0. The fraction of sp³-hybridized carbons (Fsp3) is 0.250. The van der Waals surface area contributed by atoms with Crippen LogP contribution in [0.5, 0.6) is 0 Å². The Bertz CT molecular complexity index is 881. The number of nitrogens with zero attached hydrogens (tertiary/aromatic N) is 3. The highest BCUT2D eigenvalue weighted by Crippen LogP contribution is 2.16. The van der Waals surface area contributed by atoms with Crippen LogP contribution in [0.3, 0.4) is 0 Å². The zero-order valence-corrected chi connectivity index (χ0v) is 13.3. The molecule has 0 fully saturated rings. The van der Waals surface area contributed by atoms with Gasteiger partial charge in [0.15, 0.2) is 12.3 Å². The zero-order chi connectivity index (χ0) is 17.1. The fourth-order valence-electron chi connectivity index (χ4n) is 2.32. The lowest BCUT2D eigenvalue weighted by molar-refractivity contribution is -0.119. The Morgan fingerprint density at radius 2 is 2.08 bits per heavy atom. The van der Waals surface area contributed by atoms with Gasteiger partial charge in [0.25, 0.3) is 5.91 Å². The first kappa shape index (κ1) is 15.7. The number of fused-ring (bicyclic) bond motifs is 1. The first-order valence-corrected chi connectivity index (χ1v) is 7.50. The monoisotopic (exact) mass is 327 g/mol. The molecule has 0 aliphatic heterocycles. The minimum absolute atomic E-state index is 0.105. The Hall–Kier alpha value is -3.16. The fourth-order valence-corrected chi connectivity index (χ4v) is 2.32. The predicted molar refractivity (Wildman–Crippen MR) is 87.6 cm³/mol. The van der Waals surface area contributed by atoms with Crippen LogP contribution in [0.25, 0.3) is 10.9 Å². The number of benzene rings is 1. The van der Waals surface area contributed by atoms with E-state index in [4.69, 9.17) is 4.74 Å². The molecule has 2 aromatic heterocycles. The second-order valence-electron chi connectivity index (χ2n) is 5.50. The molecule has 0 spiro atoms. The second-order valence-corrected chi connectivity index (χ2v) is 5.50. The maximum Gasteiger partial charge on any atom is 0.359 e. The molecule has 0 saturated heterocycles. The van der Waals surface area contributed by atoms with Gasteiger partial charge < -0.3 is 10.1 Å². The van der Waals surface area contributed by atoms with Crippen LogP contribution in [0.1, 0.15) is 30.4 Å². The molecule has 24 heavy (non-hydrogen) atoms. The number of nitrogens with one attached hydrogen (secondary N) is 2. The van der Waals surface area contributed by atoms with E-state index in [1.807, 2.05) is 19.9 Å². The van der Waals surface area contributed by atoms with Gasteiger partial charge in [0.2, 0.25) is 0 Å². The molecular formula is C16H17N5O3. The van der Waals surface area contributed by atoms with Gasteiger partial charge in [0.1, 0.15) is 5.82 Å². The molecule has 2 N–H and O–H groups in total. The summed E-state index contributed by atoms with van der Waals surface area (Å²) in [5.41, 5.74) is 0.889. The van der Waals surface area contributed by atoms with Crippen LogP contribution in [0.4, 0.5) is 5.82 Å². The van der Waals surface area contributed by atoms with Crippen molar-refractivity contribution >= 4 is 28.6 Å². The quantitative estimate of drug-likeness (QED) is 0.699. The van der Waals surface area contributed by atoms with E-state index in [-0.39, 0.29) is 11.7 Å². The van der Waals surface area contributed by atoms with E-state index in [0.717, 1.165) is 5.52 Å². The third-order valence-electron chi connectivity index (χ3n) is 3.42. The lowest BCUT2D eigenvalue weighted by Crippen LogP contribution is -2.23. The molecule has 0 aliphatic rings. The van der Waals surface area contributed by atoms with Crippen molar-refractivity contribution in [2.75, 3.05) is 11.9 Å². The summed E-state index contributed by atoms with van der Waals surface area (Å²) in [6, 6.07) is 8.99. The van der Waals surface area contributed by atoms with Gasteiger partial charge in [-0.25, -0.2) is 9.48 Å². The number of H-pyrrole nitrogens is 1. The van der Waals surface area contributed by atoms with Gasteiger partial charge in [-0.1, -0.05) is 18.2 Å². The minimum Gasteiger partial charge on any atom is -0.451 e. The van der Waals surface area contributed by atoms with E-state index in [1.165, 1.54) is 0 Å². The highest BCUT2D eigenvalue weighted by atomic mass is 16.5. The molecule has 8 heteroatoms. The van der Waals surface area contributed by atoms with Crippen molar-refractivity contribution in [1.82, 2.24) is 20.0 Å². The summed E-state index contributed by atoms with van der Waals surface area (Å²) < 4.78 is 6.71. The van der Waals surface area contributed by atoms with Crippen molar-refractivity contribution in [2.45, 2.75) is 19.9 Å². The van der Waals surface area contributed by atoms with Gasteiger partial charge in [-0.3, -0.25) is 9.89 Å². The van der Waals surface area contributed by atoms with Crippen LogP contribution in [-0.4, -0.2) is 38.5 Å². The molecule has 0 saturated carbocycles. The number of rotatable bonds is 5. The van der Waals surface area contributed by atoms with E-state index >= 15 is 0 Å². The molecule has 124 valence electrons. The maximum absolute atomic E-state index is 12.1. The summed E-state index contributed by atoms with van der Waals surface area (Å²) in [5.74, 6) is -0.540. The first-order chi connectivity index (χ1) is 11.6. The maximum atomic E-state index is 12.1. The van der Waals surface area contributed by atoms with Crippen LogP contribution < -0.4 is 5.32 Å². The third-order valence-corrected chi connectivity index (χ3v) is 3.42. The van der Waals surface area contributed by atoms with E-state index in [1.54, 1.807) is 35.1 Å². The molecular weight excluding hydrogens is 310 g/mol. The van der Waals surface area contributed by atoms with Gasteiger partial charge in [-0.15, -0.1) is 0 Å². The van der Waals surface area contributed by atoms with E-state index in [2.05, 4.69) is 20.6 Å². The number of amides is 1. The number of para-hydroxylation sites is 1. The van der Waals surface area contributed by atoms with Gasteiger partial charge in [-0.2, -0.15) is 10.2 Å². The number of aromatic nitrogens is 4. The van der Waals surface area contributed by atoms with Gasteiger partial charge in [0.05, 0.1) is 11.7 Å². The number of ether oxygens (including phenoxy) is 1. The summed E-state index contributed by atoms with van der Waals surface area (Å²) >= 11 is 0. The molecule has 3 rings (SSSR count). The van der Waals surface area contributed by atoms with Crippen molar-refractivity contribution in [1.29, 1.82) is 0 Å². The molecule has 8 nitrogen and oxygen atoms in total. The largest absolute Gasteiger partial charge is 0.451 e. The molecule has 0 bridgehead atoms. The highest BCUT2D eigenvalue weighted by molar-refractivity contribution is 6.02. The van der Waals surface area contributed by atoms with Gasteiger partial charge in [0, 0.05) is 17.5 Å². The number of anilines is 1. The average molecular weight is 327 g/mol. The van der Waals surface area contributed by atoms with Gasteiger partial charge >= 0.3 is 5.97 Å². The third kappa shape index (κ3) is 3.12. The zero-order valence-electron chi connectivity index (χ0n) is 13.3. The second kappa shape index (κ2) is 6.53. The average Bonchev–Trinajstić information content (AvgIpc) is 3.19. The summed E-state index contributed by atoms with van der Waals surface area (Å²) in [6.45, 7) is 3.50. The lowest BCUT2D eigenvalue weighted by atomic mass is 10.2. The molecule has 0 unspecified atom stereocenters. The number of aromatic amines is 1. The standard InChI is InChI=1S/C16H17N5O3/c1-10(2)21-13(7-8-17-21)18-14(22)9-24-16(23)15-11-5-3-4-6-12(11)19-20-15/h3-8,10H,9H2,1-2H3,(H,18,22)(H,19,20). The number of carbonyl (C=O) groups excluding carboxylic acids is 2. The number of carbonyl (C=O) groups is 2. The summed E-state index contributed by atoms with van der Waals surface area (Å²) in [4.78, 5) is 24.1. The SMILES string of the molecule is CC(C)n1nccc1NC(=O)COC(=O)c1n[nH]c2ccccc12.